The van der Waals surface area contributed by atoms with E-state index in [2.05, 4.69) is 11.7 Å². The summed E-state index contributed by atoms with van der Waals surface area (Å²) in [6, 6.07) is 1.80. The highest BCUT2D eigenvalue weighted by molar-refractivity contribution is 6.12. The van der Waals surface area contributed by atoms with Crippen LogP contribution in [0.25, 0.3) is 5.57 Å². The Morgan fingerprint density at radius 3 is 2.76 bits per heavy atom. The molecule has 4 heterocycles. The number of hydrogen-bond donors (Lipinski definition) is 0. The van der Waals surface area contributed by atoms with Crippen molar-refractivity contribution in [2.75, 3.05) is 25.2 Å². The summed E-state index contributed by atoms with van der Waals surface area (Å²) in [4.78, 5) is 19.9. The molecule has 34 heavy (non-hydrogen) atoms. The maximum atomic E-state index is 13.6. The van der Waals surface area contributed by atoms with Crippen molar-refractivity contribution >= 4 is 17.2 Å². The van der Waals surface area contributed by atoms with E-state index in [1.54, 1.807) is 31.4 Å². The topological polar surface area (TPSA) is 69.5 Å². The fourth-order valence-electron chi connectivity index (χ4n) is 4.51. The van der Waals surface area contributed by atoms with E-state index in [9.17, 15) is 18.0 Å². The summed E-state index contributed by atoms with van der Waals surface area (Å²) in [6.45, 7) is 6.87. The molecule has 1 spiro atoms. The van der Waals surface area contributed by atoms with Crippen LogP contribution in [0.1, 0.15) is 40.7 Å². The molecule has 0 aliphatic carbocycles. The number of aryl methyl sites for hydroxylation is 1. The van der Waals surface area contributed by atoms with Gasteiger partial charge in [-0.1, -0.05) is 12.7 Å². The number of rotatable bonds is 6. The van der Waals surface area contributed by atoms with Crippen LogP contribution < -0.4 is 4.90 Å². The first-order valence-electron chi connectivity index (χ1n) is 10.7. The minimum absolute atomic E-state index is 0.178. The Balaban J connectivity index is 1.83. The SMILES string of the molecule is C=C/C(=C\C(=C/C)OC)c1cc(C)c2c(n1)[C@]1(CCOC1)N(c1cnn(CC(F)(F)F)c1)C2=O. The van der Waals surface area contributed by atoms with E-state index in [-0.39, 0.29) is 18.2 Å². The highest BCUT2D eigenvalue weighted by Gasteiger charge is 2.55. The Bertz CT molecular complexity index is 1190. The van der Waals surface area contributed by atoms with Gasteiger partial charge in [-0.25, -0.2) is 4.98 Å². The van der Waals surface area contributed by atoms with Crippen molar-refractivity contribution in [3.8, 4) is 0 Å². The van der Waals surface area contributed by atoms with Gasteiger partial charge in [0, 0.05) is 24.8 Å². The Hall–Kier alpha value is -3.40. The van der Waals surface area contributed by atoms with Crippen LogP contribution in [0, 0.1) is 6.92 Å². The van der Waals surface area contributed by atoms with Crippen LogP contribution >= 0.6 is 0 Å². The van der Waals surface area contributed by atoms with Crippen LogP contribution in [0.3, 0.4) is 0 Å². The number of ether oxygens (including phenoxy) is 2. The van der Waals surface area contributed by atoms with Crippen LogP contribution in [0.4, 0.5) is 18.9 Å². The van der Waals surface area contributed by atoms with Crippen molar-refractivity contribution < 1.29 is 27.4 Å². The van der Waals surface area contributed by atoms with E-state index < -0.39 is 18.3 Å². The van der Waals surface area contributed by atoms with Gasteiger partial charge in [-0.15, -0.1) is 0 Å². The third kappa shape index (κ3) is 4.02. The molecule has 2 aliphatic heterocycles. The largest absolute Gasteiger partial charge is 0.497 e. The maximum Gasteiger partial charge on any atom is 0.408 e. The summed E-state index contributed by atoms with van der Waals surface area (Å²) < 4.78 is 50.4. The van der Waals surface area contributed by atoms with Crippen LogP contribution in [0.5, 0.6) is 0 Å². The Kier molecular flexibility index (Phi) is 6.11. The van der Waals surface area contributed by atoms with E-state index >= 15 is 0 Å². The second-order valence-electron chi connectivity index (χ2n) is 8.23. The van der Waals surface area contributed by atoms with Crippen molar-refractivity contribution in [2.24, 2.45) is 0 Å². The molecule has 0 bridgehead atoms. The molecule has 10 heteroatoms. The number of methoxy groups -OCH3 is 1. The summed E-state index contributed by atoms with van der Waals surface area (Å²) in [7, 11) is 1.56. The molecule has 1 fully saturated rings. The Labute approximate surface area is 195 Å². The predicted octanol–water partition coefficient (Wildman–Crippen LogP) is 4.54. The lowest BCUT2D eigenvalue weighted by Gasteiger charge is -2.32. The van der Waals surface area contributed by atoms with Gasteiger partial charge in [-0.2, -0.15) is 18.3 Å². The zero-order valence-electron chi connectivity index (χ0n) is 19.1. The number of pyridine rings is 1. The van der Waals surface area contributed by atoms with Gasteiger partial charge in [0.15, 0.2) is 0 Å². The van der Waals surface area contributed by atoms with E-state index in [4.69, 9.17) is 14.5 Å². The van der Waals surface area contributed by atoms with Gasteiger partial charge < -0.3 is 9.47 Å². The maximum absolute atomic E-state index is 13.6. The molecule has 1 atom stereocenters. The number of alkyl halides is 3. The van der Waals surface area contributed by atoms with E-state index in [0.717, 1.165) is 4.68 Å². The first-order chi connectivity index (χ1) is 16.1. The number of allylic oxidation sites excluding steroid dienone is 4. The van der Waals surface area contributed by atoms with E-state index in [1.165, 1.54) is 17.3 Å². The monoisotopic (exact) mass is 474 g/mol. The Morgan fingerprint density at radius 2 is 2.18 bits per heavy atom. The van der Waals surface area contributed by atoms with Gasteiger partial charge in [0.25, 0.3) is 5.91 Å². The number of carbonyl (C=O) groups excluding carboxylic acids is 1. The zero-order valence-corrected chi connectivity index (χ0v) is 19.1. The third-order valence-corrected chi connectivity index (χ3v) is 6.06. The van der Waals surface area contributed by atoms with E-state index in [0.29, 0.717) is 46.9 Å². The molecule has 0 saturated carbocycles. The highest BCUT2D eigenvalue weighted by atomic mass is 19.4. The lowest BCUT2D eigenvalue weighted by molar-refractivity contribution is -0.142. The molecule has 2 aromatic rings. The molecular weight excluding hydrogens is 449 g/mol. The number of carbonyl (C=O) groups is 1. The zero-order chi connectivity index (χ0) is 24.7. The molecule has 2 aliphatic rings. The molecule has 1 saturated heterocycles. The predicted molar refractivity (Wildman–Crippen MR) is 120 cm³/mol. The molecule has 7 nitrogen and oxygen atoms in total. The summed E-state index contributed by atoms with van der Waals surface area (Å²) in [5.41, 5.74) is 2.33. The van der Waals surface area contributed by atoms with Gasteiger partial charge in [0.05, 0.1) is 42.6 Å². The van der Waals surface area contributed by atoms with Crippen LogP contribution in [0.2, 0.25) is 0 Å². The number of nitrogens with zero attached hydrogens (tertiary/aromatic N) is 4. The van der Waals surface area contributed by atoms with Crippen molar-refractivity contribution in [2.45, 2.75) is 38.5 Å². The molecule has 0 N–H and O–H groups in total. The highest BCUT2D eigenvalue weighted by Crippen LogP contribution is 2.47. The molecule has 1 amide bonds. The minimum atomic E-state index is -4.43. The van der Waals surface area contributed by atoms with Gasteiger partial charge in [0.1, 0.15) is 17.8 Å². The van der Waals surface area contributed by atoms with E-state index in [1.807, 2.05) is 13.8 Å². The number of fused-ring (bicyclic) bond motifs is 2. The third-order valence-electron chi connectivity index (χ3n) is 6.06. The second-order valence-corrected chi connectivity index (χ2v) is 8.23. The summed E-state index contributed by atoms with van der Waals surface area (Å²) in [5.74, 6) is 0.294. The second kappa shape index (κ2) is 8.75. The van der Waals surface area contributed by atoms with Crippen LogP contribution in [-0.2, 0) is 21.6 Å². The molecule has 180 valence electrons. The van der Waals surface area contributed by atoms with Crippen molar-refractivity contribution in [1.82, 2.24) is 14.8 Å². The molecule has 0 unspecified atom stereocenters. The number of aromatic nitrogens is 3. The van der Waals surface area contributed by atoms with Crippen molar-refractivity contribution in [3.05, 3.63) is 71.5 Å². The summed E-state index contributed by atoms with van der Waals surface area (Å²) in [5, 5.41) is 3.83. The first kappa shape index (κ1) is 23.7. The quantitative estimate of drug-likeness (QED) is 0.454. The number of hydrogen-bond acceptors (Lipinski definition) is 5. The molecule has 0 aromatic carbocycles. The number of halogens is 3. The summed E-state index contributed by atoms with van der Waals surface area (Å²) in [6.07, 6.45) is 3.80. The molecule has 0 radical (unpaired) electrons. The van der Waals surface area contributed by atoms with Gasteiger partial charge in [-0.05, 0) is 37.6 Å². The molecule has 2 aromatic heterocycles. The Morgan fingerprint density at radius 1 is 1.41 bits per heavy atom. The number of anilines is 1. The van der Waals surface area contributed by atoms with Gasteiger partial charge in [-0.3, -0.25) is 14.4 Å². The van der Waals surface area contributed by atoms with Crippen molar-refractivity contribution in [3.63, 3.8) is 0 Å². The average Bonchev–Trinajstić information content (AvgIpc) is 3.48. The van der Waals surface area contributed by atoms with Crippen LogP contribution in [-0.4, -0.2) is 47.2 Å². The smallest absolute Gasteiger partial charge is 0.408 e. The standard InChI is InChI=1S/C24H25F3N4O3/c1-5-16(10-18(6-2)33-4)19-9-15(3)20-21(29-19)23(7-8-34-14-23)31(22(20)32)17-11-28-30(12-17)13-24(25,26)27/h5-6,9-12H,1,7-8,13-14H2,2-4H3/b16-10+,18-6+/t23-/m1/s1. The van der Waals surface area contributed by atoms with Gasteiger partial charge in [0.2, 0.25) is 0 Å². The molecular formula is C24H25F3N4O3. The lowest BCUT2D eigenvalue weighted by Crippen LogP contribution is -2.45. The fraction of sp³-hybridized carbons (Fsp3) is 0.375. The van der Waals surface area contributed by atoms with Crippen LogP contribution in [0.15, 0.2) is 49.0 Å². The normalized spacial score (nSPS) is 20.9. The average molecular weight is 474 g/mol. The fourth-order valence-corrected chi connectivity index (χ4v) is 4.51. The minimum Gasteiger partial charge on any atom is -0.497 e. The first-order valence-corrected chi connectivity index (χ1v) is 10.7. The lowest BCUT2D eigenvalue weighted by atomic mass is 9.91. The molecule has 4 rings (SSSR count). The number of amides is 1. The summed E-state index contributed by atoms with van der Waals surface area (Å²) >= 11 is 0. The van der Waals surface area contributed by atoms with Crippen molar-refractivity contribution in [1.29, 1.82) is 0 Å². The van der Waals surface area contributed by atoms with Gasteiger partial charge >= 0.3 is 6.18 Å².